The molecule has 24 heavy (non-hydrogen) atoms. The number of alkyl halides is 3. The number of H-pyrrole nitrogens is 1. The van der Waals surface area contributed by atoms with Crippen LogP contribution in [0.5, 0.6) is 11.5 Å². The van der Waals surface area contributed by atoms with Gasteiger partial charge in [-0.15, -0.1) is 0 Å². The Kier molecular flexibility index (Phi) is 5.06. The van der Waals surface area contributed by atoms with E-state index in [1.807, 2.05) is 0 Å². The van der Waals surface area contributed by atoms with Crippen LogP contribution in [0.2, 0.25) is 0 Å². The summed E-state index contributed by atoms with van der Waals surface area (Å²) in [4.78, 5) is 15.7. The summed E-state index contributed by atoms with van der Waals surface area (Å²) < 4.78 is 48.1. The predicted octanol–water partition coefficient (Wildman–Crippen LogP) is 3.32. The summed E-state index contributed by atoms with van der Waals surface area (Å²) >= 11 is 0. The maximum Gasteiger partial charge on any atom is 0.431 e. The van der Waals surface area contributed by atoms with Crippen molar-refractivity contribution < 1.29 is 27.4 Å². The molecule has 0 bridgehead atoms. The molecule has 8 heteroatoms. The first-order valence-corrected chi connectivity index (χ1v) is 6.97. The van der Waals surface area contributed by atoms with Gasteiger partial charge in [-0.3, -0.25) is 4.79 Å². The summed E-state index contributed by atoms with van der Waals surface area (Å²) in [5.74, 6) is 0.598. The molecule has 0 radical (unpaired) electrons. The van der Waals surface area contributed by atoms with Gasteiger partial charge in [0.1, 0.15) is 17.2 Å². The van der Waals surface area contributed by atoms with E-state index >= 15 is 0 Å². The summed E-state index contributed by atoms with van der Waals surface area (Å²) in [6, 6.07) is 5.94. The van der Waals surface area contributed by atoms with Gasteiger partial charge in [-0.05, 0) is 23.8 Å². The quantitative estimate of drug-likeness (QED) is 0.907. The van der Waals surface area contributed by atoms with E-state index in [1.165, 1.54) is 26.2 Å². The van der Waals surface area contributed by atoms with Gasteiger partial charge < -0.3 is 19.4 Å². The maximum atomic E-state index is 12.6. The van der Waals surface area contributed by atoms with Crippen molar-refractivity contribution in [1.82, 2.24) is 9.88 Å². The Morgan fingerprint density at radius 2 is 1.71 bits per heavy atom. The summed E-state index contributed by atoms with van der Waals surface area (Å²) in [6.07, 6.45) is -3.47. The van der Waals surface area contributed by atoms with Crippen LogP contribution < -0.4 is 9.47 Å². The van der Waals surface area contributed by atoms with Crippen LogP contribution in [0.3, 0.4) is 0 Å². The fraction of sp³-hybridized carbons (Fsp3) is 0.312. The van der Waals surface area contributed by atoms with Gasteiger partial charge in [0.25, 0.3) is 5.91 Å². The number of carbonyl (C=O) groups is 1. The number of nitrogens with one attached hydrogen (secondary N) is 1. The first-order chi connectivity index (χ1) is 11.2. The van der Waals surface area contributed by atoms with E-state index in [1.54, 1.807) is 18.2 Å². The number of methoxy groups -OCH3 is 2. The first kappa shape index (κ1) is 17.7. The largest absolute Gasteiger partial charge is 0.497 e. The third-order valence-electron chi connectivity index (χ3n) is 3.41. The molecule has 0 fully saturated rings. The molecular weight excluding hydrogens is 325 g/mol. The molecule has 5 nitrogen and oxygen atoms in total. The lowest BCUT2D eigenvalue weighted by molar-refractivity contribution is -0.140. The van der Waals surface area contributed by atoms with Crippen LogP contribution in [0.25, 0.3) is 0 Å². The molecule has 0 unspecified atom stereocenters. The molecule has 0 saturated carbocycles. The fourth-order valence-corrected chi connectivity index (χ4v) is 2.21. The summed E-state index contributed by atoms with van der Waals surface area (Å²) in [7, 11) is 4.52. The monoisotopic (exact) mass is 342 g/mol. The summed E-state index contributed by atoms with van der Waals surface area (Å²) in [6.45, 7) is 0.193. The van der Waals surface area contributed by atoms with Gasteiger partial charge in [0, 0.05) is 25.9 Å². The molecule has 0 spiro atoms. The topological polar surface area (TPSA) is 54.6 Å². The molecule has 130 valence electrons. The number of benzene rings is 1. The smallest absolute Gasteiger partial charge is 0.431 e. The lowest BCUT2D eigenvalue weighted by atomic mass is 10.1. The molecular formula is C16H17F3N2O3. The van der Waals surface area contributed by atoms with E-state index in [4.69, 9.17) is 9.47 Å². The number of aromatic amines is 1. The molecule has 1 aromatic carbocycles. The zero-order valence-electron chi connectivity index (χ0n) is 13.4. The highest BCUT2D eigenvalue weighted by Gasteiger charge is 2.33. The highest BCUT2D eigenvalue weighted by molar-refractivity contribution is 5.94. The SMILES string of the molecule is COc1cc(CN(C)C(=O)c2c[nH]c(C(F)(F)F)c2)cc(OC)c1. The lowest BCUT2D eigenvalue weighted by Gasteiger charge is -2.17. The highest BCUT2D eigenvalue weighted by Crippen LogP contribution is 2.29. The number of rotatable bonds is 5. The van der Waals surface area contributed by atoms with Crippen LogP contribution in [0, 0.1) is 0 Å². The van der Waals surface area contributed by atoms with Gasteiger partial charge in [-0.2, -0.15) is 13.2 Å². The molecule has 2 aromatic rings. The van der Waals surface area contributed by atoms with Crippen molar-refractivity contribution in [1.29, 1.82) is 0 Å². The van der Waals surface area contributed by atoms with Gasteiger partial charge >= 0.3 is 6.18 Å². The second kappa shape index (κ2) is 6.86. The number of hydrogen-bond acceptors (Lipinski definition) is 3. The molecule has 0 aliphatic rings. The minimum atomic E-state index is -4.52. The van der Waals surface area contributed by atoms with Crippen molar-refractivity contribution in [2.75, 3.05) is 21.3 Å². The van der Waals surface area contributed by atoms with Crippen molar-refractivity contribution >= 4 is 5.91 Å². The number of hydrogen-bond donors (Lipinski definition) is 1. The number of amides is 1. The molecule has 0 aliphatic heterocycles. The first-order valence-electron chi connectivity index (χ1n) is 6.97. The molecule has 1 amide bonds. The Hall–Kier alpha value is -2.64. The Labute approximate surface area is 137 Å². The predicted molar refractivity (Wildman–Crippen MR) is 81.1 cm³/mol. The van der Waals surface area contributed by atoms with Crippen molar-refractivity contribution in [3.8, 4) is 11.5 Å². The third-order valence-corrected chi connectivity index (χ3v) is 3.41. The standard InChI is InChI=1S/C16H17F3N2O3/c1-21(9-10-4-12(23-2)7-13(5-10)24-3)15(22)11-6-14(20-8-11)16(17,18)19/h4-8,20H,9H2,1-3H3. The molecule has 1 aromatic heterocycles. The van der Waals surface area contributed by atoms with Crippen LogP contribution in [0.1, 0.15) is 21.6 Å². The van der Waals surface area contributed by atoms with Crippen molar-refractivity contribution in [2.24, 2.45) is 0 Å². The van der Waals surface area contributed by atoms with Gasteiger partial charge in [0.15, 0.2) is 0 Å². The minimum absolute atomic E-state index is 0.0558. The Morgan fingerprint density at radius 3 is 2.17 bits per heavy atom. The Balaban J connectivity index is 2.16. The Morgan fingerprint density at radius 1 is 1.12 bits per heavy atom. The normalized spacial score (nSPS) is 11.2. The van der Waals surface area contributed by atoms with E-state index in [9.17, 15) is 18.0 Å². The third kappa shape index (κ3) is 4.01. The van der Waals surface area contributed by atoms with E-state index in [0.29, 0.717) is 11.5 Å². The van der Waals surface area contributed by atoms with Crippen LogP contribution in [-0.4, -0.2) is 37.1 Å². The molecule has 1 heterocycles. The molecule has 0 saturated heterocycles. The van der Waals surface area contributed by atoms with Crippen molar-refractivity contribution in [3.63, 3.8) is 0 Å². The number of carbonyl (C=O) groups excluding carboxylic acids is 1. The van der Waals surface area contributed by atoms with E-state index in [-0.39, 0.29) is 12.1 Å². The average molecular weight is 342 g/mol. The maximum absolute atomic E-state index is 12.6. The fourth-order valence-electron chi connectivity index (χ4n) is 2.21. The van der Waals surface area contributed by atoms with E-state index in [0.717, 1.165) is 17.8 Å². The Bertz CT molecular complexity index is 703. The number of nitrogens with zero attached hydrogens (tertiary/aromatic N) is 1. The van der Waals surface area contributed by atoms with Crippen LogP contribution in [0.15, 0.2) is 30.5 Å². The highest BCUT2D eigenvalue weighted by atomic mass is 19.4. The van der Waals surface area contributed by atoms with Crippen LogP contribution in [-0.2, 0) is 12.7 Å². The van der Waals surface area contributed by atoms with E-state index in [2.05, 4.69) is 4.98 Å². The van der Waals surface area contributed by atoms with Gasteiger partial charge in [0.2, 0.25) is 0 Å². The second-order valence-corrected chi connectivity index (χ2v) is 5.18. The molecule has 0 atom stereocenters. The van der Waals surface area contributed by atoms with Gasteiger partial charge in [-0.25, -0.2) is 0 Å². The zero-order valence-corrected chi connectivity index (χ0v) is 13.4. The molecule has 2 rings (SSSR count). The van der Waals surface area contributed by atoms with E-state index < -0.39 is 17.8 Å². The van der Waals surface area contributed by atoms with Gasteiger partial charge in [0.05, 0.1) is 19.8 Å². The minimum Gasteiger partial charge on any atom is -0.497 e. The lowest BCUT2D eigenvalue weighted by Crippen LogP contribution is -2.25. The van der Waals surface area contributed by atoms with Crippen molar-refractivity contribution in [3.05, 3.63) is 47.3 Å². The van der Waals surface area contributed by atoms with Crippen molar-refractivity contribution in [2.45, 2.75) is 12.7 Å². The molecule has 0 aliphatic carbocycles. The van der Waals surface area contributed by atoms with Crippen LogP contribution >= 0.6 is 0 Å². The molecule has 1 N–H and O–H groups in total. The zero-order chi connectivity index (χ0) is 17.9. The second-order valence-electron chi connectivity index (χ2n) is 5.18. The summed E-state index contributed by atoms with van der Waals surface area (Å²) in [5.41, 5.74) is -0.282. The van der Waals surface area contributed by atoms with Gasteiger partial charge in [-0.1, -0.05) is 0 Å². The van der Waals surface area contributed by atoms with Crippen LogP contribution in [0.4, 0.5) is 13.2 Å². The number of aromatic nitrogens is 1. The number of ether oxygens (including phenoxy) is 2. The number of halogens is 3. The summed E-state index contributed by atoms with van der Waals surface area (Å²) in [5, 5.41) is 0. The average Bonchev–Trinajstić information content (AvgIpc) is 3.03.